The second-order valence-electron chi connectivity index (χ2n) is 6.34. The molecule has 0 saturated heterocycles. The highest BCUT2D eigenvalue weighted by molar-refractivity contribution is 7.11. The molecule has 0 unspecified atom stereocenters. The molecule has 0 N–H and O–H groups in total. The van der Waals surface area contributed by atoms with Crippen LogP contribution in [0, 0.1) is 0 Å². The molecule has 5 nitrogen and oxygen atoms in total. The van der Waals surface area contributed by atoms with Gasteiger partial charge in [0.15, 0.2) is 0 Å². The Bertz CT molecular complexity index is 1190. The average molecular weight is 436 g/mol. The third kappa shape index (κ3) is 4.53. The fraction of sp³-hybridized carbons (Fsp3) is 0.130. The molecule has 0 fully saturated rings. The van der Waals surface area contributed by atoms with Gasteiger partial charge in [-0.2, -0.15) is 5.10 Å². The van der Waals surface area contributed by atoms with Crippen LogP contribution in [0.15, 0.2) is 81.5 Å². The fourth-order valence-corrected chi connectivity index (χ4v) is 4.35. The Labute approximate surface area is 183 Å². The van der Waals surface area contributed by atoms with Gasteiger partial charge >= 0.3 is 0 Å². The molecule has 0 aliphatic carbocycles. The monoisotopic (exact) mass is 435 g/mol. The van der Waals surface area contributed by atoms with E-state index < -0.39 is 0 Å². The summed E-state index contributed by atoms with van der Waals surface area (Å²) in [5, 5.41) is 8.83. The normalized spacial score (nSPS) is 11.9. The van der Waals surface area contributed by atoms with Crippen LogP contribution in [0.3, 0.4) is 0 Å². The Morgan fingerprint density at radius 1 is 0.967 bits per heavy atom. The molecule has 0 spiro atoms. The summed E-state index contributed by atoms with van der Waals surface area (Å²) >= 11 is 3.19. The van der Waals surface area contributed by atoms with E-state index in [0.29, 0.717) is 6.54 Å². The van der Waals surface area contributed by atoms with Gasteiger partial charge in [0.2, 0.25) is 4.80 Å². The quantitative estimate of drug-likeness (QED) is 0.371. The first-order chi connectivity index (χ1) is 14.8. The minimum Gasteiger partial charge on any atom is -0.497 e. The van der Waals surface area contributed by atoms with Crippen molar-refractivity contribution in [2.24, 2.45) is 10.1 Å². The SMILES string of the molecule is COc1ccc(OC)c(-c2csc(=NCc3ccccc3)n2N=Cc2cccs2)c1. The fourth-order valence-electron chi connectivity index (χ4n) is 2.94. The minimum atomic E-state index is 0.588. The van der Waals surface area contributed by atoms with E-state index >= 15 is 0 Å². The Morgan fingerprint density at radius 3 is 2.57 bits per heavy atom. The topological polar surface area (TPSA) is 48.1 Å². The molecule has 0 amide bonds. The van der Waals surface area contributed by atoms with E-state index in [1.807, 2.05) is 70.2 Å². The van der Waals surface area contributed by atoms with Crippen molar-refractivity contribution < 1.29 is 9.47 Å². The first-order valence-electron chi connectivity index (χ1n) is 9.33. The molecule has 152 valence electrons. The van der Waals surface area contributed by atoms with Gasteiger partial charge in [0.1, 0.15) is 11.5 Å². The predicted molar refractivity (Wildman–Crippen MR) is 124 cm³/mol. The van der Waals surface area contributed by atoms with Crippen LogP contribution in [0.2, 0.25) is 0 Å². The molecule has 30 heavy (non-hydrogen) atoms. The van der Waals surface area contributed by atoms with Gasteiger partial charge in [-0.1, -0.05) is 36.4 Å². The van der Waals surface area contributed by atoms with E-state index in [4.69, 9.17) is 19.6 Å². The molecule has 0 bridgehead atoms. The third-order valence-electron chi connectivity index (χ3n) is 4.45. The van der Waals surface area contributed by atoms with Gasteiger partial charge in [-0.3, -0.25) is 4.99 Å². The molecule has 2 aromatic carbocycles. The minimum absolute atomic E-state index is 0.588. The second kappa shape index (κ2) is 9.56. The summed E-state index contributed by atoms with van der Waals surface area (Å²) in [5.41, 5.74) is 2.95. The number of methoxy groups -OCH3 is 2. The zero-order chi connectivity index (χ0) is 20.8. The van der Waals surface area contributed by atoms with Crippen LogP contribution in [-0.4, -0.2) is 25.1 Å². The lowest BCUT2D eigenvalue weighted by Crippen LogP contribution is -2.12. The molecule has 0 aliphatic rings. The molecule has 2 heterocycles. The van der Waals surface area contributed by atoms with Crippen molar-refractivity contribution in [1.82, 2.24) is 4.68 Å². The zero-order valence-electron chi connectivity index (χ0n) is 16.7. The van der Waals surface area contributed by atoms with Crippen LogP contribution in [0.25, 0.3) is 11.3 Å². The third-order valence-corrected chi connectivity index (χ3v) is 6.11. The highest BCUT2D eigenvalue weighted by atomic mass is 32.1. The largest absolute Gasteiger partial charge is 0.497 e. The van der Waals surface area contributed by atoms with Gasteiger partial charge in [0, 0.05) is 15.8 Å². The number of hydrogen-bond acceptors (Lipinski definition) is 6. The van der Waals surface area contributed by atoms with Crippen molar-refractivity contribution in [3.63, 3.8) is 0 Å². The lowest BCUT2D eigenvalue weighted by atomic mass is 10.1. The summed E-state index contributed by atoms with van der Waals surface area (Å²) in [6.07, 6.45) is 1.86. The maximum Gasteiger partial charge on any atom is 0.206 e. The van der Waals surface area contributed by atoms with Crippen LogP contribution in [0.4, 0.5) is 0 Å². The summed E-state index contributed by atoms with van der Waals surface area (Å²) in [4.78, 5) is 6.71. The summed E-state index contributed by atoms with van der Waals surface area (Å²) in [5.74, 6) is 1.51. The summed E-state index contributed by atoms with van der Waals surface area (Å²) in [6, 6.07) is 20.0. The van der Waals surface area contributed by atoms with E-state index in [2.05, 4.69) is 12.1 Å². The van der Waals surface area contributed by atoms with Crippen molar-refractivity contribution in [3.8, 4) is 22.8 Å². The Balaban J connectivity index is 1.82. The van der Waals surface area contributed by atoms with Crippen molar-refractivity contribution in [2.45, 2.75) is 6.54 Å². The molecular formula is C23H21N3O2S2. The highest BCUT2D eigenvalue weighted by Gasteiger charge is 2.14. The van der Waals surface area contributed by atoms with Gasteiger partial charge in [0.05, 0.1) is 32.7 Å². The van der Waals surface area contributed by atoms with E-state index in [-0.39, 0.29) is 0 Å². The summed E-state index contributed by atoms with van der Waals surface area (Å²) in [7, 11) is 3.32. The number of aromatic nitrogens is 1. The molecule has 4 aromatic rings. The van der Waals surface area contributed by atoms with Gasteiger partial charge < -0.3 is 9.47 Å². The lowest BCUT2D eigenvalue weighted by Gasteiger charge is -2.11. The number of thiophene rings is 1. The molecule has 0 aliphatic heterocycles. The van der Waals surface area contributed by atoms with E-state index in [1.54, 1.807) is 36.9 Å². The summed E-state index contributed by atoms with van der Waals surface area (Å²) < 4.78 is 12.9. The van der Waals surface area contributed by atoms with E-state index in [1.165, 1.54) is 0 Å². The number of nitrogens with zero attached hydrogens (tertiary/aromatic N) is 3. The van der Waals surface area contributed by atoms with Crippen LogP contribution in [0.1, 0.15) is 10.4 Å². The number of thiazole rings is 1. The number of rotatable bonds is 7. The van der Waals surface area contributed by atoms with E-state index in [0.717, 1.165) is 38.0 Å². The standard InChI is InChI=1S/C23H21N3O2S2/c1-27-18-10-11-22(28-2)20(13-18)21-16-30-23(24-14-17-7-4-3-5-8-17)26(21)25-15-19-9-6-12-29-19/h3-13,15-16H,14H2,1-2H3. The predicted octanol–water partition coefficient (Wildman–Crippen LogP) is 5.28. The van der Waals surface area contributed by atoms with Crippen molar-refractivity contribution in [1.29, 1.82) is 0 Å². The van der Waals surface area contributed by atoms with Crippen LogP contribution in [0.5, 0.6) is 11.5 Å². The molecule has 0 saturated carbocycles. The molecular weight excluding hydrogens is 414 g/mol. The average Bonchev–Trinajstić information content (AvgIpc) is 3.46. The molecule has 7 heteroatoms. The van der Waals surface area contributed by atoms with Crippen LogP contribution >= 0.6 is 22.7 Å². The molecule has 4 rings (SSSR count). The zero-order valence-corrected chi connectivity index (χ0v) is 18.3. The first-order valence-corrected chi connectivity index (χ1v) is 11.1. The van der Waals surface area contributed by atoms with E-state index in [9.17, 15) is 0 Å². The van der Waals surface area contributed by atoms with Crippen molar-refractivity contribution in [2.75, 3.05) is 14.2 Å². The van der Waals surface area contributed by atoms with Gasteiger partial charge in [-0.15, -0.1) is 22.7 Å². The first kappa shape index (κ1) is 20.1. The summed E-state index contributed by atoms with van der Waals surface area (Å²) in [6.45, 7) is 0.588. The number of hydrogen-bond donors (Lipinski definition) is 0. The van der Waals surface area contributed by atoms with Gasteiger partial charge in [0.25, 0.3) is 0 Å². The molecule has 0 radical (unpaired) electrons. The Morgan fingerprint density at radius 2 is 1.83 bits per heavy atom. The van der Waals surface area contributed by atoms with Crippen LogP contribution in [-0.2, 0) is 6.54 Å². The second-order valence-corrected chi connectivity index (χ2v) is 8.16. The van der Waals surface area contributed by atoms with Crippen molar-refractivity contribution in [3.05, 3.63) is 86.7 Å². The Kier molecular flexibility index (Phi) is 6.41. The molecule has 0 atom stereocenters. The lowest BCUT2D eigenvalue weighted by molar-refractivity contribution is 0.404. The van der Waals surface area contributed by atoms with Crippen molar-refractivity contribution >= 4 is 28.9 Å². The smallest absolute Gasteiger partial charge is 0.206 e. The maximum atomic E-state index is 5.60. The maximum absolute atomic E-state index is 5.60. The number of benzene rings is 2. The van der Waals surface area contributed by atoms with Crippen LogP contribution < -0.4 is 14.3 Å². The highest BCUT2D eigenvalue weighted by Crippen LogP contribution is 2.33. The Hall–Kier alpha value is -3.16. The van der Waals surface area contributed by atoms with Gasteiger partial charge in [-0.05, 0) is 35.2 Å². The molecule has 2 aromatic heterocycles. The van der Waals surface area contributed by atoms with Gasteiger partial charge in [-0.25, -0.2) is 4.68 Å². The number of ether oxygens (including phenoxy) is 2.